The second kappa shape index (κ2) is 14.9. The van der Waals surface area contributed by atoms with E-state index in [4.69, 9.17) is 14.6 Å². The summed E-state index contributed by atoms with van der Waals surface area (Å²) in [7, 11) is 5.31. The number of quaternary nitrogens is 1. The van der Waals surface area contributed by atoms with Gasteiger partial charge in [-0.1, -0.05) is 12.1 Å². The Morgan fingerprint density at radius 1 is 1.20 bits per heavy atom. The summed E-state index contributed by atoms with van der Waals surface area (Å²) in [6.45, 7) is 2.95. The van der Waals surface area contributed by atoms with Crippen molar-refractivity contribution in [3.8, 4) is 6.07 Å². The van der Waals surface area contributed by atoms with Gasteiger partial charge in [0.25, 0.3) is 6.47 Å². The Labute approximate surface area is 263 Å². The Bertz CT molecular complexity index is 1690. The van der Waals surface area contributed by atoms with Gasteiger partial charge in [-0.15, -0.1) is 5.10 Å². The Morgan fingerprint density at radius 3 is 2.48 bits per heavy atom. The number of esters is 1. The van der Waals surface area contributed by atoms with Crippen molar-refractivity contribution in [2.24, 2.45) is 0 Å². The van der Waals surface area contributed by atoms with Crippen molar-refractivity contribution < 1.29 is 42.2 Å². The lowest BCUT2D eigenvalue weighted by Gasteiger charge is -2.36. The van der Waals surface area contributed by atoms with E-state index < -0.39 is 29.4 Å². The van der Waals surface area contributed by atoms with Crippen molar-refractivity contribution in [2.45, 2.75) is 38.4 Å². The Morgan fingerprint density at radius 2 is 1.87 bits per heavy atom. The van der Waals surface area contributed by atoms with Gasteiger partial charge in [-0.3, -0.25) is 9.69 Å². The van der Waals surface area contributed by atoms with E-state index >= 15 is 0 Å². The molecule has 2 heterocycles. The molecule has 246 valence electrons. The first-order valence-corrected chi connectivity index (χ1v) is 14.2. The Kier molecular flexibility index (Phi) is 11.5. The van der Waals surface area contributed by atoms with Crippen LogP contribution in [-0.4, -0.2) is 82.8 Å². The maximum atomic E-state index is 13.6. The molecule has 4 rings (SSSR count). The number of rotatable bonds is 10. The summed E-state index contributed by atoms with van der Waals surface area (Å²) in [5.74, 6) is -0.771. The van der Waals surface area contributed by atoms with Gasteiger partial charge in [0.05, 0.1) is 57.1 Å². The van der Waals surface area contributed by atoms with Crippen molar-refractivity contribution in [3.63, 3.8) is 0 Å². The van der Waals surface area contributed by atoms with Crippen LogP contribution in [0.25, 0.3) is 0 Å². The number of allylic oxidation sites excluding steroid dienone is 1. The molecule has 1 aliphatic rings. The summed E-state index contributed by atoms with van der Waals surface area (Å²) in [4.78, 5) is 36.3. The van der Waals surface area contributed by atoms with Crippen LogP contribution in [-0.2, 0) is 26.9 Å². The number of nitrogens with one attached hydrogen (secondary N) is 1. The van der Waals surface area contributed by atoms with E-state index in [0.29, 0.717) is 34.9 Å². The lowest BCUT2D eigenvalue weighted by Crippen LogP contribution is -2.41. The standard InChI is InChI=1S/C30H33F3N6O4.CH2O2/c1-19-25(27(41)43-4)26(24-12-11-20(18-34)16-21(24)8-6-13-39(2,3)14-7-15-40)38-28(35-36-29(38)42)37(19)23-10-5-9-22(17-23)30(31,32)33;2-1-3/h5,9-12,16-17,26,40H,6-8,13-15H2,1-4H3;1H,(H,2,3)/p+1/t26-;/m1./s1. The summed E-state index contributed by atoms with van der Waals surface area (Å²) >= 11 is 0. The number of H-pyrrole nitrogens is 1. The number of aliphatic hydroxyl groups excluding tert-OH is 1. The molecule has 0 unspecified atom stereocenters. The maximum Gasteiger partial charge on any atom is 0.416 e. The van der Waals surface area contributed by atoms with Crippen molar-refractivity contribution in [3.05, 3.63) is 86.5 Å². The number of alkyl halides is 3. The largest absolute Gasteiger partial charge is 0.483 e. The SMILES string of the molecule is COC(=O)C1=C(C)N(c2cccc(C(F)(F)F)c2)c2n[nH]c(=O)n2[C@@H]1c1ccc(C#N)cc1CCC[N+](C)(C)CCCO.O=CO. The zero-order chi connectivity index (χ0) is 34.2. The van der Waals surface area contributed by atoms with Crippen LogP contribution < -0.4 is 10.6 Å². The smallest absolute Gasteiger partial charge is 0.416 e. The van der Waals surface area contributed by atoms with Gasteiger partial charge in [-0.05, 0) is 54.8 Å². The number of carboxylic acid groups (broad SMARTS) is 1. The van der Waals surface area contributed by atoms with Crippen LogP contribution in [0, 0.1) is 11.3 Å². The van der Waals surface area contributed by atoms with Gasteiger partial charge in [0, 0.05) is 30.8 Å². The molecule has 0 amide bonds. The monoisotopic (exact) mass is 645 g/mol. The van der Waals surface area contributed by atoms with Crippen LogP contribution in [0.2, 0.25) is 0 Å². The van der Waals surface area contributed by atoms with E-state index in [2.05, 4.69) is 30.4 Å². The number of hydrogen-bond acceptors (Lipinski definition) is 8. The fraction of sp³-hybridized carbons (Fsp3) is 0.387. The minimum absolute atomic E-state index is 0.00316. The van der Waals surface area contributed by atoms with E-state index in [-0.39, 0.29) is 36.0 Å². The minimum atomic E-state index is -4.62. The molecule has 12 nitrogen and oxygen atoms in total. The average molecular weight is 646 g/mol. The highest BCUT2D eigenvalue weighted by molar-refractivity contribution is 5.93. The summed E-state index contributed by atoms with van der Waals surface area (Å²) in [5.41, 5.74) is 0.437. The number of halogens is 3. The molecule has 15 heteroatoms. The van der Waals surface area contributed by atoms with Crippen molar-refractivity contribution in [1.82, 2.24) is 14.8 Å². The van der Waals surface area contributed by atoms with E-state index in [1.165, 1.54) is 28.7 Å². The number of nitriles is 1. The molecule has 3 aromatic rings. The topological polar surface area (TPSA) is 162 Å². The molecule has 1 atom stereocenters. The second-order valence-corrected chi connectivity index (χ2v) is 11.2. The fourth-order valence-corrected chi connectivity index (χ4v) is 5.55. The van der Waals surface area contributed by atoms with Gasteiger partial charge >= 0.3 is 17.8 Å². The number of aryl methyl sites for hydroxylation is 1. The number of aliphatic hydroxyl groups is 1. The highest BCUT2D eigenvalue weighted by Crippen LogP contribution is 2.43. The Balaban J connectivity index is 0.00000185. The summed E-state index contributed by atoms with van der Waals surface area (Å²) < 4.78 is 47.8. The first kappa shape index (κ1) is 35.5. The number of anilines is 2. The second-order valence-electron chi connectivity index (χ2n) is 11.2. The van der Waals surface area contributed by atoms with Crippen LogP contribution in [0.15, 0.2) is 58.5 Å². The number of benzene rings is 2. The van der Waals surface area contributed by atoms with Crippen molar-refractivity contribution in [2.75, 3.05) is 45.8 Å². The molecule has 0 fully saturated rings. The molecule has 0 saturated heterocycles. The summed E-state index contributed by atoms with van der Waals surface area (Å²) in [6, 6.07) is 10.6. The number of ether oxygens (including phenoxy) is 1. The van der Waals surface area contributed by atoms with E-state index in [1.807, 2.05) is 0 Å². The maximum absolute atomic E-state index is 13.6. The number of aromatic amines is 1. The number of aromatic nitrogens is 3. The predicted octanol–water partition coefficient (Wildman–Crippen LogP) is 3.74. The first-order chi connectivity index (χ1) is 21.7. The molecular formula is C31H36F3N6O6+. The molecule has 1 aliphatic heterocycles. The predicted molar refractivity (Wildman–Crippen MR) is 161 cm³/mol. The number of nitrogens with zero attached hydrogens (tertiary/aromatic N) is 5. The molecule has 0 aliphatic carbocycles. The first-order valence-electron chi connectivity index (χ1n) is 14.2. The minimum Gasteiger partial charge on any atom is -0.483 e. The number of hydrogen-bond donors (Lipinski definition) is 3. The molecular weight excluding hydrogens is 609 g/mol. The highest BCUT2D eigenvalue weighted by Gasteiger charge is 2.41. The molecule has 0 spiro atoms. The van der Waals surface area contributed by atoms with Gasteiger partial charge in [0.15, 0.2) is 0 Å². The van der Waals surface area contributed by atoms with Crippen molar-refractivity contribution >= 4 is 24.1 Å². The molecule has 0 saturated carbocycles. The van der Waals surface area contributed by atoms with Gasteiger partial charge in [-0.25, -0.2) is 19.3 Å². The van der Waals surface area contributed by atoms with E-state index in [9.17, 15) is 33.1 Å². The molecule has 1 aromatic heterocycles. The molecule has 0 radical (unpaired) electrons. The lowest BCUT2D eigenvalue weighted by molar-refractivity contribution is -0.890. The quantitative estimate of drug-likeness (QED) is 0.169. The molecule has 2 aromatic carbocycles. The summed E-state index contributed by atoms with van der Waals surface area (Å²) in [6.07, 6.45) is -2.75. The fourth-order valence-electron chi connectivity index (χ4n) is 5.55. The number of carbonyl (C=O) groups excluding carboxylic acids is 1. The summed E-state index contributed by atoms with van der Waals surface area (Å²) in [5, 5.41) is 32.3. The third-order valence-corrected chi connectivity index (χ3v) is 7.68. The van der Waals surface area contributed by atoms with Gasteiger partial charge in [0.2, 0.25) is 5.95 Å². The van der Waals surface area contributed by atoms with Crippen LogP contribution >= 0.6 is 0 Å². The number of methoxy groups -OCH3 is 1. The van der Waals surface area contributed by atoms with Crippen LogP contribution in [0.1, 0.15) is 48.1 Å². The lowest BCUT2D eigenvalue weighted by atomic mass is 9.88. The van der Waals surface area contributed by atoms with Crippen LogP contribution in [0.3, 0.4) is 0 Å². The van der Waals surface area contributed by atoms with Crippen molar-refractivity contribution in [1.29, 1.82) is 5.26 Å². The van der Waals surface area contributed by atoms with Gasteiger partial charge in [-0.2, -0.15) is 18.4 Å². The number of fused-ring (bicyclic) bond motifs is 1. The van der Waals surface area contributed by atoms with Crippen LogP contribution in [0.5, 0.6) is 0 Å². The zero-order valence-electron chi connectivity index (χ0n) is 25.8. The third kappa shape index (κ3) is 7.82. The van der Waals surface area contributed by atoms with Gasteiger partial charge < -0.3 is 19.4 Å². The normalized spacial score (nSPS) is 14.6. The average Bonchev–Trinajstić information content (AvgIpc) is 3.39. The third-order valence-electron chi connectivity index (χ3n) is 7.68. The zero-order valence-corrected chi connectivity index (χ0v) is 25.8. The molecule has 46 heavy (non-hydrogen) atoms. The Hall–Kier alpha value is -4.94. The molecule has 3 N–H and O–H groups in total. The van der Waals surface area contributed by atoms with E-state index in [1.54, 1.807) is 25.1 Å². The highest BCUT2D eigenvalue weighted by atomic mass is 19.4. The molecule has 0 bridgehead atoms. The van der Waals surface area contributed by atoms with Gasteiger partial charge in [0.1, 0.15) is 6.04 Å². The van der Waals surface area contributed by atoms with E-state index in [0.717, 1.165) is 30.8 Å². The number of carbonyl (C=O) groups is 2. The van der Waals surface area contributed by atoms with Crippen LogP contribution in [0.4, 0.5) is 24.8 Å².